The number of aromatic amines is 1. The van der Waals surface area contributed by atoms with Crippen molar-refractivity contribution < 1.29 is 9.59 Å². The van der Waals surface area contributed by atoms with Crippen molar-refractivity contribution in [2.45, 2.75) is 58.5 Å². The van der Waals surface area contributed by atoms with Gasteiger partial charge < -0.3 is 4.90 Å². The highest BCUT2D eigenvalue weighted by molar-refractivity contribution is 6.35. The fourth-order valence-corrected chi connectivity index (χ4v) is 6.08. The Morgan fingerprint density at radius 1 is 1.13 bits per heavy atom. The van der Waals surface area contributed by atoms with Crippen LogP contribution in [0.15, 0.2) is 42.5 Å². The normalized spacial score (nSPS) is 21.8. The van der Waals surface area contributed by atoms with Crippen molar-refractivity contribution in [2.24, 2.45) is 11.3 Å². The standard InChI is InChI=1S/C27H31Cl2N7O2/c1-26(2,3)19-10-12-27(13-11-19)16-35(22-14-20(28)8-9-21(22)29)25(38)36(27)15-17-4-6-18(7-5-17)23(37)30-24-31-33-34-32-24/h4-9,14,19H,10-13,15-16H2,1-3H3,(H2,30,31,32,33,34,37). The molecule has 200 valence electrons. The molecule has 0 radical (unpaired) electrons. The van der Waals surface area contributed by atoms with E-state index < -0.39 is 0 Å². The summed E-state index contributed by atoms with van der Waals surface area (Å²) in [5.74, 6) is 0.370. The summed E-state index contributed by atoms with van der Waals surface area (Å²) in [5.41, 5.74) is 1.95. The van der Waals surface area contributed by atoms with Crippen LogP contribution in [0.3, 0.4) is 0 Å². The maximum absolute atomic E-state index is 13.9. The van der Waals surface area contributed by atoms with E-state index in [0.29, 0.717) is 40.3 Å². The zero-order valence-corrected chi connectivity index (χ0v) is 23.2. The Morgan fingerprint density at radius 3 is 2.47 bits per heavy atom. The molecule has 2 fully saturated rings. The van der Waals surface area contributed by atoms with Crippen LogP contribution >= 0.6 is 23.2 Å². The fraction of sp³-hybridized carbons (Fsp3) is 0.444. The third-order valence-corrected chi connectivity index (χ3v) is 8.51. The predicted octanol–water partition coefficient (Wildman–Crippen LogP) is 6.18. The molecule has 3 aromatic rings. The van der Waals surface area contributed by atoms with Gasteiger partial charge in [-0.3, -0.25) is 15.0 Å². The lowest BCUT2D eigenvalue weighted by Gasteiger charge is -2.45. The number of carbonyl (C=O) groups excluding carboxylic acids is 2. The first-order valence-electron chi connectivity index (χ1n) is 12.7. The zero-order valence-electron chi connectivity index (χ0n) is 21.7. The fourth-order valence-electron chi connectivity index (χ4n) is 5.69. The van der Waals surface area contributed by atoms with Crippen molar-refractivity contribution in [2.75, 3.05) is 16.8 Å². The van der Waals surface area contributed by atoms with Crippen molar-refractivity contribution in [3.8, 4) is 0 Å². The Hall–Kier alpha value is -3.17. The third kappa shape index (κ3) is 5.22. The summed E-state index contributed by atoms with van der Waals surface area (Å²) in [6, 6.07) is 12.4. The monoisotopic (exact) mass is 555 g/mol. The van der Waals surface area contributed by atoms with E-state index in [1.54, 1.807) is 35.2 Å². The zero-order chi connectivity index (χ0) is 27.1. The molecule has 2 aliphatic rings. The second kappa shape index (κ2) is 10.2. The summed E-state index contributed by atoms with van der Waals surface area (Å²) in [5, 5.41) is 16.8. The van der Waals surface area contributed by atoms with Crippen LogP contribution in [-0.2, 0) is 6.54 Å². The smallest absolute Gasteiger partial charge is 0.313 e. The van der Waals surface area contributed by atoms with Gasteiger partial charge in [0.15, 0.2) is 0 Å². The molecule has 1 aliphatic carbocycles. The molecule has 0 atom stereocenters. The van der Waals surface area contributed by atoms with Gasteiger partial charge in [-0.05, 0) is 78.1 Å². The SMILES string of the molecule is CC(C)(C)C1CCC2(CC1)CN(c1cc(Cl)ccc1Cl)C(=O)N2Cc1ccc(C(=O)Nc2nn[nH]n2)cc1. The van der Waals surface area contributed by atoms with Crippen LogP contribution in [0.2, 0.25) is 10.0 Å². The minimum absolute atomic E-state index is 0.0812. The van der Waals surface area contributed by atoms with Gasteiger partial charge in [0, 0.05) is 17.1 Å². The minimum atomic E-state index is -0.339. The van der Waals surface area contributed by atoms with Crippen LogP contribution in [0.25, 0.3) is 0 Å². The average molecular weight is 556 g/mol. The Balaban J connectivity index is 1.40. The molecule has 2 N–H and O–H groups in total. The number of amides is 3. The van der Waals surface area contributed by atoms with Crippen LogP contribution in [-0.4, -0.2) is 49.5 Å². The van der Waals surface area contributed by atoms with Gasteiger partial charge in [-0.1, -0.05) is 61.2 Å². The van der Waals surface area contributed by atoms with E-state index in [9.17, 15) is 9.59 Å². The maximum Gasteiger partial charge on any atom is 0.325 e. The number of aromatic nitrogens is 4. The molecule has 2 heterocycles. The molecule has 11 heteroatoms. The van der Waals surface area contributed by atoms with Crippen molar-refractivity contribution in [1.29, 1.82) is 0 Å². The number of urea groups is 1. The highest BCUT2D eigenvalue weighted by Crippen LogP contribution is 2.48. The Morgan fingerprint density at radius 2 is 1.84 bits per heavy atom. The molecule has 0 bridgehead atoms. The van der Waals surface area contributed by atoms with Crippen molar-refractivity contribution in [3.05, 3.63) is 63.6 Å². The molecule has 1 aromatic heterocycles. The second-order valence-electron chi connectivity index (χ2n) is 11.3. The molecule has 1 aliphatic heterocycles. The first kappa shape index (κ1) is 26.4. The molecule has 2 aromatic carbocycles. The van der Waals surface area contributed by atoms with Crippen LogP contribution in [0.5, 0.6) is 0 Å². The Kier molecular flexibility index (Phi) is 7.09. The number of nitrogens with one attached hydrogen (secondary N) is 2. The largest absolute Gasteiger partial charge is 0.325 e. The van der Waals surface area contributed by atoms with Gasteiger partial charge >= 0.3 is 6.03 Å². The van der Waals surface area contributed by atoms with E-state index in [4.69, 9.17) is 23.2 Å². The molecule has 38 heavy (non-hydrogen) atoms. The number of nitrogens with zero attached hydrogens (tertiary/aromatic N) is 5. The van der Waals surface area contributed by atoms with Crippen molar-refractivity contribution in [1.82, 2.24) is 25.5 Å². The number of halogens is 2. The van der Waals surface area contributed by atoms with Gasteiger partial charge in [0.1, 0.15) is 0 Å². The first-order valence-corrected chi connectivity index (χ1v) is 13.5. The summed E-state index contributed by atoms with van der Waals surface area (Å²) in [7, 11) is 0. The number of rotatable bonds is 5. The molecular weight excluding hydrogens is 525 g/mol. The summed E-state index contributed by atoms with van der Waals surface area (Å²) in [6.45, 7) is 7.87. The number of tetrazole rings is 1. The van der Waals surface area contributed by atoms with Gasteiger partial charge in [0.2, 0.25) is 0 Å². The summed E-state index contributed by atoms with van der Waals surface area (Å²) in [6.07, 6.45) is 3.94. The van der Waals surface area contributed by atoms with Gasteiger partial charge in [-0.2, -0.15) is 5.21 Å². The quantitative estimate of drug-likeness (QED) is 0.391. The van der Waals surface area contributed by atoms with Crippen molar-refractivity contribution in [3.63, 3.8) is 0 Å². The molecule has 9 nitrogen and oxygen atoms in total. The Labute approximate surface area is 231 Å². The van der Waals surface area contributed by atoms with E-state index in [0.717, 1.165) is 31.2 Å². The Bertz CT molecular complexity index is 1310. The molecule has 0 unspecified atom stereocenters. The topological polar surface area (TPSA) is 107 Å². The maximum atomic E-state index is 13.9. The molecular formula is C27H31Cl2N7O2. The first-order chi connectivity index (χ1) is 18.1. The minimum Gasteiger partial charge on any atom is -0.313 e. The molecule has 5 rings (SSSR count). The summed E-state index contributed by atoms with van der Waals surface area (Å²) >= 11 is 12.8. The summed E-state index contributed by atoms with van der Waals surface area (Å²) in [4.78, 5) is 30.2. The van der Waals surface area contributed by atoms with E-state index in [-0.39, 0.29) is 28.8 Å². The lowest BCUT2D eigenvalue weighted by Crippen LogP contribution is -2.50. The predicted molar refractivity (Wildman–Crippen MR) is 147 cm³/mol. The van der Waals surface area contributed by atoms with Gasteiger partial charge in [0.05, 0.1) is 22.8 Å². The van der Waals surface area contributed by atoms with Crippen LogP contribution < -0.4 is 10.2 Å². The molecule has 1 saturated heterocycles. The van der Waals surface area contributed by atoms with Crippen LogP contribution in [0.4, 0.5) is 16.4 Å². The molecule has 3 amide bonds. The lowest BCUT2D eigenvalue weighted by molar-refractivity contribution is 0.0631. The highest BCUT2D eigenvalue weighted by atomic mass is 35.5. The van der Waals surface area contributed by atoms with E-state index in [2.05, 4.69) is 46.7 Å². The van der Waals surface area contributed by atoms with Crippen LogP contribution in [0.1, 0.15) is 62.4 Å². The number of anilines is 2. The van der Waals surface area contributed by atoms with Gasteiger partial charge in [0.25, 0.3) is 11.9 Å². The van der Waals surface area contributed by atoms with Gasteiger partial charge in [-0.15, -0.1) is 5.10 Å². The van der Waals surface area contributed by atoms with E-state index >= 15 is 0 Å². The highest BCUT2D eigenvalue weighted by Gasteiger charge is 2.52. The number of hydrogen-bond donors (Lipinski definition) is 2. The molecule has 1 spiro atoms. The lowest BCUT2D eigenvalue weighted by atomic mass is 9.67. The number of carbonyl (C=O) groups is 2. The van der Waals surface area contributed by atoms with E-state index in [1.165, 1.54) is 0 Å². The summed E-state index contributed by atoms with van der Waals surface area (Å²) < 4.78 is 0. The third-order valence-electron chi connectivity index (χ3n) is 7.95. The van der Waals surface area contributed by atoms with Crippen molar-refractivity contribution >= 4 is 46.8 Å². The number of H-pyrrole nitrogens is 1. The number of hydrogen-bond acceptors (Lipinski definition) is 5. The number of benzene rings is 2. The second-order valence-corrected chi connectivity index (χ2v) is 12.1. The van der Waals surface area contributed by atoms with E-state index in [1.807, 2.05) is 17.0 Å². The van der Waals surface area contributed by atoms with Gasteiger partial charge in [-0.25, -0.2) is 4.79 Å². The average Bonchev–Trinajstić information content (AvgIpc) is 3.48. The van der Waals surface area contributed by atoms with Crippen LogP contribution in [0, 0.1) is 11.3 Å². The molecule has 1 saturated carbocycles.